The Labute approximate surface area is 104 Å². The van der Waals surface area contributed by atoms with E-state index in [-0.39, 0.29) is 11.0 Å². The van der Waals surface area contributed by atoms with Crippen molar-refractivity contribution in [2.24, 2.45) is 0 Å². The molecule has 0 amide bonds. The predicted octanol–water partition coefficient (Wildman–Crippen LogP) is 3.46. The first kappa shape index (κ1) is 12.4. The van der Waals surface area contributed by atoms with Crippen molar-refractivity contribution in [3.63, 3.8) is 0 Å². The summed E-state index contributed by atoms with van der Waals surface area (Å²) in [6.07, 6.45) is 0. The van der Waals surface area contributed by atoms with Crippen LogP contribution in [0.1, 0.15) is 38.8 Å². The number of hydrogen-bond donors (Lipinski definition) is 0. The molecule has 17 heavy (non-hydrogen) atoms. The van der Waals surface area contributed by atoms with Crippen LogP contribution in [0.15, 0.2) is 18.2 Å². The van der Waals surface area contributed by atoms with Gasteiger partial charge in [-0.1, -0.05) is 32.9 Å². The maximum atomic E-state index is 5.95. The number of hydrogen-bond acceptors (Lipinski definition) is 2. The smallest absolute Gasteiger partial charge is 0.123 e. The summed E-state index contributed by atoms with van der Waals surface area (Å²) in [5.74, 6) is 0.995. The fraction of sp³-hybridized carbons (Fsp3) is 0.600. The number of rotatable bonds is 3. The molecule has 0 N–H and O–H groups in total. The van der Waals surface area contributed by atoms with Crippen LogP contribution in [0, 0.1) is 6.92 Å². The zero-order valence-electron chi connectivity index (χ0n) is 11.5. The van der Waals surface area contributed by atoms with Crippen molar-refractivity contribution in [3.05, 3.63) is 29.3 Å². The van der Waals surface area contributed by atoms with E-state index in [1.165, 1.54) is 11.1 Å². The lowest BCUT2D eigenvalue weighted by Crippen LogP contribution is -2.20. The number of aryl methyl sites for hydroxylation is 1. The van der Waals surface area contributed by atoms with Gasteiger partial charge in [0.15, 0.2) is 0 Å². The van der Waals surface area contributed by atoms with Gasteiger partial charge in [-0.05, 0) is 36.5 Å². The molecule has 1 aromatic rings. The van der Waals surface area contributed by atoms with Gasteiger partial charge in [0.05, 0.1) is 6.61 Å². The maximum Gasteiger partial charge on any atom is 0.123 e. The molecule has 2 rings (SSSR count). The van der Waals surface area contributed by atoms with Crippen LogP contribution in [-0.4, -0.2) is 18.8 Å². The first-order valence-electron chi connectivity index (χ1n) is 6.18. The second-order valence-electron chi connectivity index (χ2n) is 6.28. The standard InChI is InChI=1S/C15H22O2/c1-11-6-7-12(14(2,3)4)13(8-11)16-9-15(5)10-17-15/h6-8H,9-10H2,1-5H3. The van der Waals surface area contributed by atoms with E-state index >= 15 is 0 Å². The average molecular weight is 234 g/mol. The second kappa shape index (κ2) is 4.02. The summed E-state index contributed by atoms with van der Waals surface area (Å²) in [5.41, 5.74) is 2.54. The Balaban J connectivity index is 2.20. The first-order chi connectivity index (χ1) is 7.80. The molecule has 1 aliphatic rings. The fourth-order valence-corrected chi connectivity index (χ4v) is 1.81. The third-order valence-electron chi connectivity index (χ3n) is 3.12. The molecule has 0 radical (unpaired) electrons. The summed E-state index contributed by atoms with van der Waals surface area (Å²) in [4.78, 5) is 0. The van der Waals surface area contributed by atoms with Crippen molar-refractivity contribution in [1.82, 2.24) is 0 Å². The highest BCUT2D eigenvalue weighted by atomic mass is 16.6. The summed E-state index contributed by atoms with van der Waals surface area (Å²) in [7, 11) is 0. The summed E-state index contributed by atoms with van der Waals surface area (Å²) in [6, 6.07) is 6.43. The van der Waals surface area contributed by atoms with Gasteiger partial charge in [0.2, 0.25) is 0 Å². The molecular weight excluding hydrogens is 212 g/mol. The van der Waals surface area contributed by atoms with Crippen molar-refractivity contribution in [1.29, 1.82) is 0 Å². The number of ether oxygens (including phenoxy) is 2. The van der Waals surface area contributed by atoms with Gasteiger partial charge in [0.1, 0.15) is 18.0 Å². The van der Waals surface area contributed by atoms with Gasteiger partial charge < -0.3 is 9.47 Å². The molecule has 0 bridgehead atoms. The molecule has 2 nitrogen and oxygen atoms in total. The van der Waals surface area contributed by atoms with Crippen molar-refractivity contribution >= 4 is 0 Å². The van der Waals surface area contributed by atoms with E-state index in [4.69, 9.17) is 9.47 Å². The Bertz CT molecular complexity index is 411. The lowest BCUT2D eigenvalue weighted by molar-refractivity contribution is 0.199. The van der Waals surface area contributed by atoms with Crippen LogP contribution in [0.2, 0.25) is 0 Å². The normalized spacial score (nSPS) is 23.6. The van der Waals surface area contributed by atoms with Gasteiger partial charge >= 0.3 is 0 Å². The Morgan fingerprint density at radius 2 is 2.00 bits per heavy atom. The highest BCUT2D eigenvalue weighted by molar-refractivity contribution is 5.41. The lowest BCUT2D eigenvalue weighted by atomic mass is 9.86. The molecular formula is C15H22O2. The molecule has 94 valence electrons. The number of benzene rings is 1. The van der Waals surface area contributed by atoms with Gasteiger partial charge in [-0.15, -0.1) is 0 Å². The average Bonchev–Trinajstić information content (AvgIpc) is 2.93. The molecule has 1 heterocycles. The van der Waals surface area contributed by atoms with Gasteiger partial charge in [0, 0.05) is 0 Å². The second-order valence-corrected chi connectivity index (χ2v) is 6.28. The molecule has 0 spiro atoms. The van der Waals surface area contributed by atoms with E-state index in [1.807, 2.05) is 0 Å². The third-order valence-corrected chi connectivity index (χ3v) is 3.12. The highest BCUT2D eigenvalue weighted by Crippen LogP contribution is 2.34. The quantitative estimate of drug-likeness (QED) is 0.747. The molecule has 0 aliphatic carbocycles. The maximum absolute atomic E-state index is 5.95. The molecule has 1 aromatic carbocycles. The molecule has 1 atom stereocenters. The van der Waals surface area contributed by atoms with E-state index in [0.29, 0.717) is 6.61 Å². The van der Waals surface area contributed by atoms with Crippen molar-refractivity contribution < 1.29 is 9.47 Å². The molecule has 1 fully saturated rings. The largest absolute Gasteiger partial charge is 0.490 e. The number of epoxide rings is 1. The SMILES string of the molecule is Cc1ccc(C(C)(C)C)c(OCC2(C)CO2)c1. The van der Waals surface area contributed by atoms with Gasteiger partial charge in [-0.25, -0.2) is 0 Å². The lowest BCUT2D eigenvalue weighted by Gasteiger charge is -2.23. The van der Waals surface area contributed by atoms with Crippen molar-refractivity contribution in [3.8, 4) is 5.75 Å². The Kier molecular flexibility index (Phi) is 2.94. The van der Waals surface area contributed by atoms with E-state index < -0.39 is 0 Å². The van der Waals surface area contributed by atoms with Gasteiger partial charge in [0.25, 0.3) is 0 Å². The minimum Gasteiger partial charge on any atom is -0.490 e. The van der Waals surface area contributed by atoms with Crippen LogP contribution in [0.3, 0.4) is 0 Å². The van der Waals surface area contributed by atoms with Gasteiger partial charge in [-0.2, -0.15) is 0 Å². The van der Waals surface area contributed by atoms with Crippen LogP contribution in [0.25, 0.3) is 0 Å². The zero-order chi connectivity index (χ0) is 12.7. The summed E-state index contributed by atoms with van der Waals surface area (Å²) in [5, 5.41) is 0. The van der Waals surface area contributed by atoms with Crippen LogP contribution in [-0.2, 0) is 10.2 Å². The Morgan fingerprint density at radius 1 is 1.35 bits per heavy atom. The molecule has 1 saturated heterocycles. The summed E-state index contributed by atoms with van der Waals surface area (Å²) in [6.45, 7) is 12.2. The van der Waals surface area contributed by atoms with Crippen LogP contribution in [0.5, 0.6) is 5.75 Å². The van der Waals surface area contributed by atoms with E-state index in [2.05, 4.69) is 52.8 Å². The highest BCUT2D eigenvalue weighted by Gasteiger charge is 2.40. The topological polar surface area (TPSA) is 21.8 Å². The summed E-state index contributed by atoms with van der Waals surface area (Å²) >= 11 is 0. The van der Waals surface area contributed by atoms with Crippen molar-refractivity contribution in [2.75, 3.05) is 13.2 Å². The van der Waals surface area contributed by atoms with Gasteiger partial charge in [-0.3, -0.25) is 0 Å². The third kappa shape index (κ3) is 3.01. The Hall–Kier alpha value is -1.02. The zero-order valence-corrected chi connectivity index (χ0v) is 11.5. The first-order valence-corrected chi connectivity index (χ1v) is 6.18. The minimum atomic E-state index is -0.0566. The van der Waals surface area contributed by atoms with Crippen LogP contribution < -0.4 is 4.74 Å². The van der Waals surface area contributed by atoms with Crippen LogP contribution in [0.4, 0.5) is 0 Å². The molecule has 2 heteroatoms. The van der Waals surface area contributed by atoms with E-state index in [1.54, 1.807) is 0 Å². The molecule has 1 unspecified atom stereocenters. The summed E-state index contributed by atoms with van der Waals surface area (Å²) < 4.78 is 11.3. The predicted molar refractivity (Wildman–Crippen MR) is 69.7 cm³/mol. The molecule has 1 aliphatic heterocycles. The van der Waals surface area contributed by atoms with E-state index in [9.17, 15) is 0 Å². The monoisotopic (exact) mass is 234 g/mol. The minimum absolute atomic E-state index is 0.0566. The molecule has 0 saturated carbocycles. The van der Waals surface area contributed by atoms with Crippen LogP contribution >= 0.6 is 0 Å². The Morgan fingerprint density at radius 3 is 2.53 bits per heavy atom. The van der Waals surface area contributed by atoms with E-state index in [0.717, 1.165) is 12.4 Å². The molecule has 0 aromatic heterocycles. The fourth-order valence-electron chi connectivity index (χ4n) is 1.81. The van der Waals surface area contributed by atoms with Crippen molar-refractivity contribution in [2.45, 2.75) is 45.6 Å².